The van der Waals surface area contributed by atoms with Crippen LogP contribution in [0.15, 0.2) is 48.5 Å². The fraction of sp³-hybridized carbons (Fsp3) is 0.657. The predicted molar refractivity (Wildman–Crippen MR) is 147 cm³/mol. The summed E-state index contributed by atoms with van der Waals surface area (Å²) >= 11 is 0. The minimum Gasteiger partial charge on any atom is -0.0591 e. The molecule has 6 fully saturated rings. The third kappa shape index (κ3) is 3.76. The standard InChI is InChI=1S/C35H46/c1-25-6-10-27(11-7-25)14-15-34(20-28-4-3-5-29(16-28)21-34)35-22-30-17-31(23-35)19-33(18-30,24-35)32-12-8-26(2)9-13-32/h6-13,28-31H,3-5,14-24H2,1-2H3. The number of rotatable bonds is 5. The molecule has 4 atom stereocenters. The van der Waals surface area contributed by atoms with E-state index in [1.807, 2.05) is 0 Å². The first-order valence-electron chi connectivity index (χ1n) is 15.1. The average Bonchev–Trinajstić information content (AvgIpc) is 2.83. The number of fused-ring (bicyclic) bond motifs is 2. The van der Waals surface area contributed by atoms with Gasteiger partial charge < -0.3 is 0 Å². The molecule has 0 amide bonds. The van der Waals surface area contributed by atoms with Crippen molar-refractivity contribution in [2.45, 2.75) is 109 Å². The zero-order chi connectivity index (χ0) is 23.7. The van der Waals surface area contributed by atoms with E-state index in [0.717, 1.165) is 23.7 Å². The molecule has 0 radical (unpaired) electrons. The summed E-state index contributed by atoms with van der Waals surface area (Å²) < 4.78 is 0. The Kier molecular flexibility index (Phi) is 5.32. The van der Waals surface area contributed by atoms with Crippen LogP contribution in [-0.2, 0) is 11.8 Å². The van der Waals surface area contributed by atoms with E-state index in [-0.39, 0.29) is 0 Å². The summed E-state index contributed by atoms with van der Waals surface area (Å²) in [7, 11) is 0. The van der Waals surface area contributed by atoms with Crippen molar-refractivity contribution in [3.63, 3.8) is 0 Å². The molecular formula is C35H46. The van der Waals surface area contributed by atoms with Gasteiger partial charge in [-0.1, -0.05) is 78.9 Å². The summed E-state index contributed by atoms with van der Waals surface area (Å²) in [6, 6.07) is 19.4. The highest BCUT2D eigenvalue weighted by Gasteiger charge is 2.65. The average molecular weight is 467 g/mol. The van der Waals surface area contributed by atoms with Crippen LogP contribution in [0.3, 0.4) is 0 Å². The summed E-state index contributed by atoms with van der Waals surface area (Å²) in [6.07, 6.45) is 21.1. The second-order valence-electron chi connectivity index (χ2n) is 14.5. The van der Waals surface area contributed by atoms with Gasteiger partial charge >= 0.3 is 0 Å². The molecule has 0 heterocycles. The first-order valence-corrected chi connectivity index (χ1v) is 15.1. The molecule has 0 heteroatoms. The van der Waals surface area contributed by atoms with Crippen LogP contribution in [0.1, 0.15) is 106 Å². The maximum atomic E-state index is 2.53. The number of hydrogen-bond acceptors (Lipinski definition) is 0. The molecule has 6 bridgehead atoms. The van der Waals surface area contributed by atoms with Crippen molar-refractivity contribution in [1.29, 1.82) is 0 Å². The molecule has 2 aromatic carbocycles. The molecule has 186 valence electrons. The van der Waals surface area contributed by atoms with Gasteiger partial charge in [0.25, 0.3) is 0 Å². The Morgan fingerprint density at radius 2 is 1.23 bits per heavy atom. The Morgan fingerprint density at radius 1 is 0.657 bits per heavy atom. The maximum Gasteiger partial charge on any atom is -0.00362 e. The number of aryl methyl sites for hydroxylation is 3. The van der Waals surface area contributed by atoms with E-state index in [2.05, 4.69) is 62.4 Å². The van der Waals surface area contributed by atoms with Crippen molar-refractivity contribution >= 4 is 0 Å². The summed E-state index contributed by atoms with van der Waals surface area (Å²) in [6.45, 7) is 4.49. The van der Waals surface area contributed by atoms with Crippen LogP contribution in [0.5, 0.6) is 0 Å². The first kappa shape index (κ1) is 22.6. The Morgan fingerprint density at radius 3 is 1.86 bits per heavy atom. The van der Waals surface area contributed by atoms with Crippen molar-refractivity contribution < 1.29 is 0 Å². The second kappa shape index (κ2) is 8.22. The minimum absolute atomic E-state index is 0.473. The van der Waals surface area contributed by atoms with Gasteiger partial charge in [0, 0.05) is 0 Å². The van der Waals surface area contributed by atoms with Crippen LogP contribution in [0, 0.1) is 48.3 Å². The lowest BCUT2D eigenvalue weighted by atomic mass is 9.35. The summed E-state index contributed by atoms with van der Waals surface area (Å²) in [5.41, 5.74) is 7.76. The Hall–Kier alpha value is -1.56. The first-order chi connectivity index (χ1) is 16.9. The minimum atomic E-state index is 0.473. The Labute approximate surface area is 214 Å². The molecular weight excluding hydrogens is 420 g/mol. The smallest absolute Gasteiger partial charge is 0.00362 e. The lowest BCUT2D eigenvalue weighted by Gasteiger charge is -2.70. The second-order valence-corrected chi connectivity index (χ2v) is 14.5. The van der Waals surface area contributed by atoms with Gasteiger partial charge in [0.05, 0.1) is 0 Å². The molecule has 0 spiro atoms. The summed E-state index contributed by atoms with van der Waals surface area (Å²) in [5, 5.41) is 0. The van der Waals surface area contributed by atoms with Gasteiger partial charge in [-0.3, -0.25) is 0 Å². The van der Waals surface area contributed by atoms with E-state index in [4.69, 9.17) is 0 Å². The van der Waals surface area contributed by atoms with E-state index < -0.39 is 0 Å². The lowest BCUT2D eigenvalue weighted by Crippen LogP contribution is -2.61. The van der Waals surface area contributed by atoms with Crippen LogP contribution in [0.4, 0.5) is 0 Å². The molecule has 2 aromatic rings. The molecule has 0 saturated heterocycles. The van der Waals surface area contributed by atoms with Crippen molar-refractivity contribution in [1.82, 2.24) is 0 Å². The fourth-order valence-electron chi connectivity index (χ4n) is 11.1. The van der Waals surface area contributed by atoms with Gasteiger partial charge in [0.2, 0.25) is 0 Å². The Balaban J connectivity index is 1.28. The zero-order valence-electron chi connectivity index (χ0n) is 22.3. The third-order valence-electron chi connectivity index (χ3n) is 12.1. The van der Waals surface area contributed by atoms with Gasteiger partial charge in [-0.05, 0) is 136 Å². The van der Waals surface area contributed by atoms with E-state index in [1.165, 1.54) is 68.9 Å². The van der Waals surface area contributed by atoms with Crippen molar-refractivity contribution in [2.24, 2.45) is 34.5 Å². The molecule has 0 aliphatic heterocycles. The van der Waals surface area contributed by atoms with Crippen LogP contribution in [-0.4, -0.2) is 0 Å². The monoisotopic (exact) mass is 466 g/mol. The third-order valence-corrected chi connectivity index (χ3v) is 12.1. The molecule has 6 saturated carbocycles. The fourth-order valence-corrected chi connectivity index (χ4v) is 11.1. The van der Waals surface area contributed by atoms with Crippen LogP contribution in [0.2, 0.25) is 0 Å². The lowest BCUT2D eigenvalue weighted by molar-refractivity contribution is -0.175. The van der Waals surface area contributed by atoms with Gasteiger partial charge in [-0.15, -0.1) is 0 Å². The maximum absolute atomic E-state index is 2.53. The van der Waals surface area contributed by atoms with Crippen LogP contribution in [0.25, 0.3) is 0 Å². The van der Waals surface area contributed by atoms with Crippen molar-refractivity contribution in [3.8, 4) is 0 Å². The normalized spacial score (nSPS) is 41.8. The van der Waals surface area contributed by atoms with Crippen LogP contribution >= 0.6 is 0 Å². The molecule has 0 nitrogen and oxygen atoms in total. The van der Waals surface area contributed by atoms with Gasteiger partial charge in [0.1, 0.15) is 0 Å². The predicted octanol–water partition coefficient (Wildman–Crippen LogP) is 9.36. The van der Waals surface area contributed by atoms with Gasteiger partial charge in [0.15, 0.2) is 0 Å². The van der Waals surface area contributed by atoms with E-state index in [9.17, 15) is 0 Å². The molecule has 0 aromatic heterocycles. The quantitative estimate of drug-likeness (QED) is 0.412. The molecule has 4 unspecified atom stereocenters. The molecule has 8 rings (SSSR count). The van der Waals surface area contributed by atoms with E-state index >= 15 is 0 Å². The molecule has 35 heavy (non-hydrogen) atoms. The van der Waals surface area contributed by atoms with E-state index in [1.54, 1.807) is 43.2 Å². The number of hydrogen-bond donors (Lipinski definition) is 0. The largest absolute Gasteiger partial charge is 0.0591 e. The molecule has 6 aliphatic rings. The zero-order valence-corrected chi connectivity index (χ0v) is 22.3. The van der Waals surface area contributed by atoms with Crippen molar-refractivity contribution in [3.05, 3.63) is 70.8 Å². The van der Waals surface area contributed by atoms with Crippen molar-refractivity contribution in [2.75, 3.05) is 0 Å². The molecule has 6 aliphatic carbocycles. The highest BCUT2D eigenvalue weighted by molar-refractivity contribution is 5.34. The topological polar surface area (TPSA) is 0 Å². The summed E-state index contributed by atoms with van der Waals surface area (Å²) in [4.78, 5) is 0. The number of benzene rings is 2. The summed E-state index contributed by atoms with van der Waals surface area (Å²) in [5.74, 6) is 4.00. The Bertz CT molecular complexity index is 1030. The van der Waals surface area contributed by atoms with Gasteiger partial charge in [-0.25, -0.2) is 0 Å². The highest BCUT2D eigenvalue weighted by Crippen LogP contribution is 2.74. The highest BCUT2D eigenvalue weighted by atomic mass is 14.7. The van der Waals surface area contributed by atoms with Gasteiger partial charge in [-0.2, -0.15) is 0 Å². The SMILES string of the molecule is Cc1ccc(CCC2(C34CC5CC(CC(c6ccc(C)cc6)(C5)C3)C4)CC3CCCC(C3)C2)cc1. The van der Waals surface area contributed by atoms with Crippen LogP contribution < -0.4 is 0 Å². The van der Waals surface area contributed by atoms with E-state index in [0.29, 0.717) is 16.2 Å². The molecule has 0 N–H and O–H groups in total.